The second kappa shape index (κ2) is 4.98. The van der Waals surface area contributed by atoms with Crippen LogP contribution in [0.1, 0.15) is 30.1 Å². The summed E-state index contributed by atoms with van der Waals surface area (Å²) in [6.45, 7) is 1.70. The fourth-order valence-electron chi connectivity index (χ4n) is 1.81. The van der Waals surface area contributed by atoms with Crippen LogP contribution in [0, 0.1) is 18.6 Å². The maximum atomic E-state index is 13.1. The van der Waals surface area contributed by atoms with Gasteiger partial charge in [0.25, 0.3) is 0 Å². The highest BCUT2D eigenvalue weighted by Crippen LogP contribution is 2.40. The molecule has 104 valence electrons. The Morgan fingerprint density at radius 3 is 2.40 bits per heavy atom. The van der Waals surface area contributed by atoms with Gasteiger partial charge in [-0.15, -0.1) is 0 Å². The molecule has 1 heterocycles. The van der Waals surface area contributed by atoms with Gasteiger partial charge in [-0.05, 0) is 19.8 Å². The Balaban J connectivity index is 1.96. The van der Waals surface area contributed by atoms with Gasteiger partial charge in [0.2, 0.25) is 5.88 Å². The van der Waals surface area contributed by atoms with Gasteiger partial charge in [0.05, 0.1) is 0 Å². The lowest BCUT2D eigenvalue weighted by molar-refractivity contribution is 0.444. The maximum absolute atomic E-state index is 13.1. The molecule has 1 saturated carbocycles. The normalized spacial score (nSPS) is 14.4. The van der Waals surface area contributed by atoms with Crippen LogP contribution in [0.4, 0.5) is 8.78 Å². The molecule has 0 spiro atoms. The number of hydrogen-bond donors (Lipinski definition) is 0. The summed E-state index contributed by atoms with van der Waals surface area (Å²) in [6.07, 6.45) is 2.04. The minimum absolute atomic E-state index is 0.0436. The number of nitrogens with zero attached hydrogens (tertiary/aromatic N) is 2. The van der Waals surface area contributed by atoms with Crippen molar-refractivity contribution in [3.05, 3.63) is 46.4 Å². The largest absolute Gasteiger partial charge is 0.438 e. The van der Waals surface area contributed by atoms with Crippen LogP contribution in [-0.2, 0) is 0 Å². The highest BCUT2D eigenvalue weighted by atomic mass is 35.5. The first-order chi connectivity index (χ1) is 9.52. The van der Waals surface area contributed by atoms with E-state index in [2.05, 4.69) is 9.97 Å². The highest BCUT2D eigenvalue weighted by Gasteiger charge is 2.28. The number of ether oxygens (including phenoxy) is 1. The van der Waals surface area contributed by atoms with Gasteiger partial charge in [-0.1, -0.05) is 11.6 Å². The van der Waals surface area contributed by atoms with Gasteiger partial charge < -0.3 is 4.74 Å². The summed E-state index contributed by atoms with van der Waals surface area (Å²) in [6, 6.07) is 2.97. The van der Waals surface area contributed by atoms with Crippen molar-refractivity contribution in [2.45, 2.75) is 25.7 Å². The molecule has 6 heteroatoms. The second-order valence-corrected chi connectivity index (χ2v) is 5.14. The molecule has 0 saturated heterocycles. The predicted octanol–water partition coefficient (Wildman–Crippen LogP) is 4.39. The maximum Gasteiger partial charge on any atom is 0.227 e. The highest BCUT2D eigenvalue weighted by molar-refractivity contribution is 6.30. The summed E-state index contributed by atoms with van der Waals surface area (Å²) in [5.41, 5.74) is 0.542. The van der Waals surface area contributed by atoms with Crippen molar-refractivity contribution < 1.29 is 13.5 Å². The van der Waals surface area contributed by atoms with E-state index in [4.69, 9.17) is 16.3 Å². The third kappa shape index (κ3) is 2.72. The van der Waals surface area contributed by atoms with E-state index in [1.54, 1.807) is 6.92 Å². The van der Waals surface area contributed by atoms with Crippen LogP contribution in [0.3, 0.4) is 0 Å². The first kappa shape index (κ1) is 13.2. The minimum atomic E-state index is -0.708. The molecule has 0 radical (unpaired) electrons. The number of halogens is 3. The zero-order chi connectivity index (χ0) is 14.3. The minimum Gasteiger partial charge on any atom is -0.438 e. The first-order valence-corrected chi connectivity index (χ1v) is 6.58. The van der Waals surface area contributed by atoms with Gasteiger partial charge in [0.1, 0.15) is 28.4 Å². The van der Waals surface area contributed by atoms with E-state index in [0.29, 0.717) is 22.5 Å². The summed E-state index contributed by atoms with van der Waals surface area (Å²) < 4.78 is 31.8. The molecule has 0 amide bonds. The summed E-state index contributed by atoms with van der Waals surface area (Å²) in [5.74, 6) is -0.216. The van der Waals surface area contributed by atoms with Crippen molar-refractivity contribution in [2.75, 3.05) is 0 Å². The van der Waals surface area contributed by atoms with Crippen LogP contribution in [0.15, 0.2) is 18.2 Å². The van der Waals surface area contributed by atoms with Gasteiger partial charge in [0.15, 0.2) is 0 Å². The quantitative estimate of drug-likeness (QED) is 0.788. The number of benzene rings is 1. The molecule has 1 aliphatic carbocycles. The molecule has 0 unspecified atom stereocenters. The Morgan fingerprint density at radius 1 is 1.15 bits per heavy atom. The van der Waals surface area contributed by atoms with E-state index in [-0.39, 0.29) is 11.6 Å². The summed E-state index contributed by atoms with van der Waals surface area (Å²) in [7, 11) is 0. The second-order valence-electron chi connectivity index (χ2n) is 4.78. The molecule has 1 aliphatic rings. The third-order valence-corrected chi connectivity index (χ3v) is 3.42. The Labute approximate surface area is 119 Å². The van der Waals surface area contributed by atoms with E-state index in [0.717, 1.165) is 31.0 Å². The lowest BCUT2D eigenvalue weighted by Gasteiger charge is -2.10. The van der Waals surface area contributed by atoms with Crippen molar-refractivity contribution >= 4 is 11.6 Å². The first-order valence-electron chi connectivity index (χ1n) is 6.21. The Bertz CT molecular complexity index is 654. The molecule has 2 aromatic rings. The van der Waals surface area contributed by atoms with E-state index >= 15 is 0 Å². The number of hydrogen-bond acceptors (Lipinski definition) is 3. The summed E-state index contributed by atoms with van der Waals surface area (Å²) >= 11 is 6.04. The van der Waals surface area contributed by atoms with E-state index in [1.807, 2.05) is 0 Å². The zero-order valence-electron chi connectivity index (χ0n) is 10.7. The van der Waals surface area contributed by atoms with Gasteiger partial charge in [-0.25, -0.2) is 13.8 Å². The zero-order valence-corrected chi connectivity index (χ0v) is 11.4. The monoisotopic (exact) mass is 296 g/mol. The van der Waals surface area contributed by atoms with Crippen molar-refractivity contribution in [3.8, 4) is 11.6 Å². The van der Waals surface area contributed by atoms with Gasteiger partial charge in [-0.2, -0.15) is 4.98 Å². The molecule has 20 heavy (non-hydrogen) atoms. The fourth-order valence-corrected chi connectivity index (χ4v) is 1.98. The average Bonchev–Trinajstić information content (AvgIpc) is 3.17. The third-order valence-electron chi connectivity index (χ3n) is 3.05. The fraction of sp³-hybridized carbons (Fsp3) is 0.286. The van der Waals surface area contributed by atoms with Crippen molar-refractivity contribution in [1.82, 2.24) is 9.97 Å². The summed E-state index contributed by atoms with van der Waals surface area (Å²) in [4.78, 5) is 8.49. The van der Waals surface area contributed by atoms with Crippen LogP contribution in [0.2, 0.25) is 5.15 Å². The van der Waals surface area contributed by atoms with Crippen LogP contribution >= 0.6 is 11.6 Å². The van der Waals surface area contributed by atoms with Gasteiger partial charge >= 0.3 is 0 Å². The predicted molar refractivity (Wildman–Crippen MR) is 70.2 cm³/mol. The molecular formula is C14H11ClF2N2O. The molecule has 0 bridgehead atoms. The van der Waals surface area contributed by atoms with E-state index < -0.39 is 11.6 Å². The van der Waals surface area contributed by atoms with Gasteiger partial charge in [0, 0.05) is 29.7 Å². The topological polar surface area (TPSA) is 35.0 Å². The van der Waals surface area contributed by atoms with Crippen LogP contribution in [-0.4, -0.2) is 9.97 Å². The van der Waals surface area contributed by atoms with E-state index in [1.165, 1.54) is 0 Å². The Kier molecular flexibility index (Phi) is 3.30. The smallest absolute Gasteiger partial charge is 0.227 e. The van der Waals surface area contributed by atoms with Crippen LogP contribution in [0.25, 0.3) is 0 Å². The SMILES string of the molecule is Cc1c(Cl)nc(C2CC2)nc1Oc1cc(F)cc(F)c1. The van der Waals surface area contributed by atoms with Crippen molar-refractivity contribution in [2.24, 2.45) is 0 Å². The van der Waals surface area contributed by atoms with Crippen LogP contribution < -0.4 is 4.74 Å². The molecule has 3 nitrogen and oxygen atoms in total. The van der Waals surface area contributed by atoms with Crippen molar-refractivity contribution in [1.29, 1.82) is 0 Å². The number of aromatic nitrogens is 2. The molecule has 1 aromatic heterocycles. The molecule has 1 aromatic carbocycles. The van der Waals surface area contributed by atoms with E-state index in [9.17, 15) is 8.78 Å². The summed E-state index contributed by atoms with van der Waals surface area (Å²) in [5, 5.41) is 0.300. The number of rotatable bonds is 3. The molecular weight excluding hydrogens is 286 g/mol. The van der Waals surface area contributed by atoms with Crippen LogP contribution in [0.5, 0.6) is 11.6 Å². The lowest BCUT2D eigenvalue weighted by atomic mass is 10.3. The Morgan fingerprint density at radius 2 is 1.80 bits per heavy atom. The molecule has 0 N–H and O–H groups in total. The lowest BCUT2D eigenvalue weighted by Crippen LogP contribution is -2.00. The Hall–Kier alpha value is -1.75. The van der Waals surface area contributed by atoms with Gasteiger partial charge in [-0.3, -0.25) is 0 Å². The molecule has 0 aliphatic heterocycles. The molecule has 1 fully saturated rings. The molecule has 0 atom stereocenters. The standard InChI is InChI=1S/C14H11ClF2N2O/c1-7-12(15)18-13(8-2-3-8)19-14(7)20-11-5-9(16)4-10(17)6-11/h4-6,8H,2-3H2,1H3. The average molecular weight is 297 g/mol. The van der Waals surface area contributed by atoms with Crippen molar-refractivity contribution in [3.63, 3.8) is 0 Å². The molecule has 3 rings (SSSR count).